The first-order valence-corrected chi connectivity index (χ1v) is 14.5. The number of aromatic nitrogens is 2. The third kappa shape index (κ3) is 6.66. The Morgan fingerprint density at radius 2 is 1.85 bits per heavy atom. The Hall–Kier alpha value is -3.61. The zero-order valence-electron chi connectivity index (χ0n) is 22.0. The highest BCUT2D eigenvalue weighted by molar-refractivity contribution is 7.52. The highest BCUT2D eigenvalue weighted by Gasteiger charge is 2.61. The van der Waals surface area contributed by atoms with Crippen molar-refractivity contribution in [2.24, 2.45) is 0 Å². The lowest BCUT2D eigenvalue weighted by Crippen LogP contribution is -2.42. The highest BCUT2D eigenvalue weighted by Crippen LogP contribution is 2.59. The number of H-pyrrole nitrogens is 1. The van der Waals surface area contributed by atoms with Gasteiger partial charge in [0, 0.05) is 6.42 Å². The summed E-state index contributed by atoms with van der Waals surface area (Å²) in [5, 5.41) is 13.5. The van der Waals surface area contributed by atoms with Gasteiger partial charge in [-0.2, -0.15) is 9.48 Å². The molecule has 12 nitrogen and oxygen atoms in total. The monoisotopic (exact) mass is 589 g/mol. The van der Waals surface area contributed by atoms with Crippen LogP contribution in [0.15, 0.2) is 76.4 Å². The lowest BCUT2D eigenvalue weighted by Gasteiger charge is -2.31. The number of aliphatic hydroxyl groups excluding tert-OH is 1. The fourth-order valence-corrected chi connectivity index (χ4v) is 6.49. The van der Waals surface area contributed by atoms with Crippen LogP contribution < -0.4 is 20.9 Å². The summed E-state index contributed by atoms with van der Waals surface area (Å²) in [6.07, 6.45) is -2.19. The molecule has 2 aromatic carbocycles. The van der Waals surface area contributed by atoms with Crippen LogP contribution in [0.25, 0.3) is 0 Å². The molecule has 0 spiro atoms. The minimum Gasteiger partial charge on any atom is -0.460 e. The van der Waals surface area contributed by atoms with Gasteiger partial charge in [0.1, 0.15) is 36.3 Å². The summed E-state index contributed by atoms with van der Waals surface area (Å²) < 4.78 is 51.9. The molecular formula is C27H29FN3O9P. The van der Waals surface area contributed by atoms with Crippen LogP contribution in [-0.4, -0.2) is 44.5 Å². The van der Waals surface area contributed by atoms with Crippen LogP contribution >= 0.6 is 7.75 Å². The Balaban J connectivity index is 1.33. The standard InChI is InChI=1S/C27H29FN3O9P/c1-17(25(34)37-16-18-8-4-2-5-9-18)30-41(36,39-19-10-6-3-7-11-19)40-27(12-13-27)23-21(32)14-22(38-23)31-15-20(28)24(33)29-26(31)35/h2-11,15,17,21-23,32H,12-14,16H2,1H3,(H,30,36)(H,29,33,35)/t17-,21-,22+,23-,41-/m0/s1. The van der Waals surface area contributed by atoms with Gasteiger partial charge in [0.2, 0.25) is 5.82 Å². The van der Waals surface area contributed by atoms with E-state index in [-0.39, 0.29) is 18.8 Å². The van der Waals surface area contributed by atoms with Crippen LogP contribution in [-0.2, 0) is 30.0 Å². The second-order valence-corrected chi connectivity index (χ2v) is 11.6. The summed E-state index contributed by atoms with van der Waals surface area (Å²) in [7, 11) is -4.32. The van der Waals surface area contributed by atoms with Crippen LogP contribution in [0.2, 0.25) is 0 Å². The smallest absolute Gasteiger partial charge is 0.460 e. The SMILES string of the molecule is C[C@H](N[P@](=O)(Oc1ccccc1)OC1([C@H]2O[C@@H](n3cc(F)c(=O)[nH]c3=O)C[C@@H]2O)CC1)C(=O)OCc1ccccc1. The zero-order chi connectivity index (χ0) is 29.2. The molecule has 0 unspecified atom stereocenters. The van der Waals surface area contributed by atoms with E-state index < -0.39 is 60.9 Å². The third-order valence-corrected chi connectivity index (χ3v) is 8.55. The molecule has 3 N–H and O–H groups in total. The van der Waals surface area contributed by atoms with E-state index in [4.69, 9.17) is 18.5 Å². The number of esters is 1. The highest BCUT2D eigenvalue weighted by atomic mass is 31.2. The maximum Gasteiger partial charge on any atom is 0.460 e. The Kier molecular flexibility index (Phi) is 8.25. The number of benzene rings is 2. The summed E-state index contributed by atoms with van der Waals surface area (Å²) >= 11 is 0. The Morgan fingerprint density at radius 1 is 1.20 bits per heavy atom. The predicted molar refractivity (Wildman–Crippen MR) is 142 cm³/mol. The number of hydrogen-bond donors (Lipinski definition) is 3. The van der Waals surface area contributed by atoms with Crippen LogP contribution in [0.3, 0.4) is 0 Å². The molecule has 1 aromatic heterocycles. The molecule has 41 heavy (non-hydrogen) atoms. The van der Waals surface area contributed by atoms with E-state index in [1.54, 1.807) is 42.5 Å². The van der Waals surface area contributed by atoms with E-state index in [1.165, 1.54) is 6.92 Å². The fourth-order valence-electron chi connectivity index (χ4n) is 4.60. The molecule has 5 rings (SSSR count). The van der Waals surface area contributed by atoms with Crippen LogP contribution in [0.1, 0.15) is 38.0 Å². The van der Waals surface area contributed by atoms with Crippen molar-refractivity contribution < 1.29 is 37.4 Å². The third-order valence-electron chi connectivity index (χ3n) is 6.79. The lowest BCUT2D eigenvalue weighted by molar-refractivity contribution is -0.146. The number of aliphatic hydroxyl groups is 1. The van der Waals surface area contributed by atoms with Crippen LogP contribution in [0.4, 0.5) is 4.39 Å². The van der Waals surface area contributed by atoms with Crippen molar-refractivity contribution in [2.45, 2.75) is 62.9 Å². The first kappa shape index (κ1) is 28.9. The molecule has 1 aliphatic heterocycles. The number of carbonyl (C=O) groups is 1. The number of ether oxygens (including phenoxy) is 2. The van der Waals surface area contributed by atoms with Gasteiger partial charge in [-0.1, -0.05) is 48.5 Å². The number of nitrogens with zero attached hydrogens (tertiary/aromatic N) is 1. The molecule has 1 saturated carbocycles. The van der Waals surface area contributed by atoms with Gasteiger partial charge in [0.25, 0.3) is 5.56 Å². The fraction of sp³-hybridized carbons (Fsp3) is 0.370. The number of aromatic amines is 1. The average molecular weight is 590 g/mol. The van der Waals surface area contributed by atoms with Crippen LogP contribution in [0, 0.1) is 5.82 Å². The summed E-state index contributed by atoms with van der Waals surface area (Å²) in [6, 6.07) is 16.1. The Labute approximate surface area is 233 Å². The summed E-state index contributed by atoms with van der Waals surface area (Å²) in [5.74, 6) is -1.69. The van der Waals surface area contributed by atoms with Crippen molar-refractivity contribution in [3.8, 4) is 5.75 Å². The molecule has 5 atom stereocenters. The quantitative estimate of drug-likeness (QED) is 0.224. The maximum atomic E-state index is 14.1. The van der Waals surface area contributed by atoms with Crippen LogP contribution in [0.5, 0.6) is 5.75 Å². The van der Waals surface area contributed by atoms with Crippen molar-refractivity contribution in [3.63, 3.8) is 0 Å². The first-order chi connectivity index (χ1) is 19.6. The second kappa shape index (κ2) is 11.7. The number of carbonyl (C=O) groups excluding carboxylic acids is 1. The molecule has 0 radical (unpaired) electrons. The lowest BCUT2D eigenvalue weighted by atomic mass is 10.1. The van der Waals surface area contributed by atoms with Crippen molar-refractivity contribution in [1.82, 2.24) is 14.6 Å². The van der Waals surface area contributed by atoms with Gasteiger partial charge in [-0.15, -0.1) is 0 Å². The molecule has 0 amide bonds. The zero-order valence-corrected chi connectivity index (χ0v) is 22.9. The molecule has 218 valence electrons. The Bertz CT molecular complexity index is 1540. The van der Waals surface area contributed by atoms with E-state index in [9.17, 15) is 28.4 Å². The number of rotatable bonds is 11. The van der Waals surface area contributed by atoms with E-state index in [2.05, 4.69) is 5.09 Å². The minimum atomic E-state index is -4.32. The molecular weight excluding hydrogens is 560 g/mol. The van der Waals surface area contributed by atoms with E-state index in [0.29, 0.717) is 19.0 Å². The molecule has 2 aliphatic rings. The Morgan fingerprint density at radius 3 is 2.51 bits per heavy atom. The largest absolute Gasteiger partial charge is 0.460 e. The molecule has 1 aliphatic carbocycles. The predicted octanol–water partition coefficient (Wildman–Crippen LogP) is 2.78. The summed E-state index contributed by atoms with van der Waals surface area (Å²) in [4.78, 5) is 38.3. The topological polar surface area (TPSA) is 158 Å². The normalized spacial score (nSPS) is 23.3. The van der Waals surface area contributed by atoms with Gasteiger partial charge in [-0.25, -0.2) is 9.36 Å². The number of hydrogen-bond acceptors (Lipinski definition) is 9. The van der Waals surface area contributed by atoms with Crippen molar-refractivity contribution in [1.29, 1.82) is 0 Å². The second-order valence-electron chi connectivity index (χ2n) is 9.96. The first-order valence-electron chi connectivity index (χ1n) is 13.0. The molecule has 2 fully saturated rings. The average Bonchev–Trinajstić information content (AvgIpc) is 3.60. The summed E-state index contributed by atoms with van der Waals surface area (Å²) in [5.41, 5.74) is -2.62. The van der Waals surface area contributed by atoms with Crippen molar-refractivity contribution >= 4 is 13.7 Å². The van der Waals surface area contributed by atoms with Crippen molar-refractivity contribution in [2.75, 3.05) is 0 Å². The van der Waals surface area contributed by atoms with Crippen molar-refractivity contribution in [3.05, 3.63) is 99.1 Å². The van der Waals surface area contributed by atoms with Gasteiger partial charge in [-0.3, -0.25) is 23.7 Å². The number of halogens is 1. The van der Waals surface area contributed by atoms with Gasteiger partial charge in [0.05, 0.1) is 12.3 Å². The molecule has 2 heterocycles. The molecule has 1 saturated heterocycles. The van der Waals surface area contributed by atoms with Gasteiger partial charge < -0.3 is 19.1 Å². The number of para-hydroxylation sites is 1. The van der Waals surface area contributed by atoms with Gasteiger partial charge in [0.15, 0.2) is 0 Å². The van der Waals surface area contributed by atoms with Gasteiger partial charge in [-0.05, 0) is 37.5 Å². The van der Waals surface area contributed by atoms with E-state index in [0.717, 1.165) is 10.1 Å². The maximum absolute atomic E-state index is 14.1. The summed E-state index contributed by atoms with van der Waals surface area (Å²) in [6.45, 7) is 1.46. The molecule has 3 aromatic rings. The molecule has 0 bridgehead atoms. The van der Waals surface area contributed by atoms with Gasteiger partial charge >= 0.3 is 19.4 Å². The van der Waals surface area contributed by atoms with E-state index in [1.807, 2.05) is 23.2 Å². The minimum absolute atomic E-state index is 0.00847. The van der Waals surface area contributed by atoms with E-state index >= 15 is 0 Å². The number of nitrogens with one attached hydrogen (secondary N) is 2. The molecule has 14 heteroatoms.